The number of piperazine rings is 1. The van der Waals surface area contributed by atoms with Gasteiger partial charge in [-0.2, -0.15) is 0 Å². The van der Waals surface area contributed by atoms with E-state index >= 15 is 0 Å². The molecule has 0 spiro atoms. The molecule has 0 N–H and O–H groups in total. The van der Waals surface area contributed by atoms with Gasteiger partial charge in [-0.15, -0.1) is 11.8 Å². The van der Waals surface area contributed by atoms with E-state index in [1.807, 2.05) is 47.1 Å². The Morgan fingerprint density at radius 2 is 1.81 bits per heavy atom. The van der Waals surface area contributed by atoms with Crippen LogP contribution in [0.25, 0.3) is 0 Å². The third-order valence-electron chi connectivity index (χ3n) is 4.47. The number of amides is 1. The summed E-state index contributed by atoms with van der Waals surface area (Å²) >= 11 is 7.43. The summed E-state index contributed by atoms with van der Waals surface area (Å²) in [5, 5.41) is 11.5. The minimum Gasteiger partial charge on any atom is -0.362 e. The minimum atomic E-state index is -0.419. The molecule has 3 rings (SSSR count). The van der Waals surface area contributed by atoms with Crippen molar-refractivity contribution >= 4 is 40.6 Å². The fraction of sp³-hybridized carbons (Fsp3) is 0.316. The van der Waals surface area contributed by atoms with Crippen LogP contribution in [0, 0.1) is 10.1 Å². The standard InChI is InChI=1S/C19H20ClN3O3S/c1-14(27-16-5-3-2-4-6-16)19(24)22-11-9-21(10-12-22)17-8-7-15(20)13-18(17)23(25)26/h2-8,13-14H,9-12H2,1H3. The van der Waals surface area contributed by atoms with Gasteiger partial charge in [0.2, 0.25) is 5.91 Å². The molecule has 6 nitrogen and oxygen atoms in total. The maximum absolute atomic E-state index is 12.7. The molecule has 1 saturated heterocycles. The summed E-state index contributed by atoms with van der Waals surface area (Å²) in [5.74, 6) is 0.0918. The largest absolute Gasteiger partial charge is 0.362 e. The Bertz CT molecular complexity index is 826. The van der Waals surface area contributed by atoms with Gasteiger partial charge in [0.15, 0.2) is 0 Å². The Balaban J connectivity index is 1.62. The van der Waals surface area contributed by atoms with E-state index in [4.69, 9.17) is 11.6 Å². The molecule has 1 unspecified atom stereocenters. The number of nitro groups is 1. The summed E-state index contributed by atoms with van der Waals surface area (Å²) in [5.41, 5.74) is 0.540. The van der Waals surface area contributed by atoms with E-state index in [1.54, 1.807) is 23.9 Å². The molecule has 1 amide bonds. The minimum absolute atomic E-state index is 0.00437. The number of thioether (sulfide) groups is 1. The van der Waals surface area contributed by atoms with Crippen LogP contribution in [0.2, 0.25) is 5.02 Å². The van der Waals surface area contributed by atoms with Crippen LogP contribution in [0.15, 0.2) is 53.4 Å². The lowest BCUT2D eigenvalue weighted by Crippen LogP contribution is -2.50. The molecule has 142 valence electrons. The van der Waals surface area contributed by atoms with Gasteiger partial charge in [-0.25, -0.2) is 0 Å². The number of carbonyl (C=O) groups is 1. The van der Waals surface area contributed by atoms with Gasteiger partial charge in [0.25, 0.3) is 5.69 Å². The quantitative estimate of drug-likeness (QED) is 0.426. The number of benzene rings is 2. The third kappa shape index (κ3) is 4.73. The predicted molar refractivity (Wildman–Crippen MR) is 109 cm³/mol. The molecule has 0 aromatic heterocycles. The second-order valence-electron chi connectivity index (χ2n) is 6.28. The van der Waals surface area contributed by atoms with Crippen molar-refractivity contribution in [3.8, 4) is 0 Å². The Morgan fingerprint density at radius 1 is 1.15 bits per heavy atom. The van der Waals surface area contributed by atoms with Crippen molar-refractivity contribution in [3.63, 3.8) is 0 Å². The first-order chi connectivity index (χ1) is 13.0. The van der Waals surface area contributed by atoms with E-state index in [9.17, 15) is 14.9 Å². The average molecular weight is 406 g/mol. The number of hydrogen-bond donors (Lipinski definition) is 0. The molecule has 1 fully saturated rings. The number of nitro benzene ring substituents is 1. The van der Waals surface area contributed by atoms with Gasteiger partial charge in [-0.1, -0.05) is 29.8 Å². The van der Waals surface area contributed by atoms with Crippen LogP contribution in [-0.2, 0) is 4.79 Å². The van der Waals surface area contributed by atoms with Gasteiger partial charge in [-0.05, 0) is 31.2 Å². The van der Waals surface area contributed by atoms with Gasteiger partial charge in [0.1, 0.15) is 5.69 Å². The smallest absolute Gasteiger partial charge is 0.294 e. The average Bonchev–Trinajstić information content (AvgIpc) is 2.68. The van der Waals surface area contributed by atoms with E-state index in [0.717, 1.165) is 4.90 Å². The Kier molecular flexibility index (Phi) is 6.23. The van der Waals surface area contributed by atoms with Gasteiger partial charge >= 0.3 is 0 Å². The van der Waals surface area contributed by atoms with Crippen molar-refractivity contribution in [3.05, 3.63) is 63.7 Å². The number of halogens is 1. The fourth-order valence-electron chi connectivity index (χ4n) is 3.09. The van der Waals surface area contributed by atoms with Crippen LogP contribution in [0.1, 0.15) is 6.92 Å². The first kappa shape index (κ1) is 19.5. The zero-order chi connectivity index (χ0) is 19.4. The van der Waals surface area contributed by atoms with Crippen molar-refractivity contribution in [2.24, 2.45) is 0 Å². The summed E-state index contributed by atoms with van der Waals surface area (Å²) in [6.45, 7) is 4.10. The summed E-state index contributed by atoms with van der Waals surface area (Å²) in [6.07, 6.45) is 0. The first-order valence-corrected chi connectivity index (χ1v) is 9.91. The van der Waals surface area contributed by atoms with Crippen molar-refractivity contribution < 1.29 is 9.72 Å². The molecule has 1 aliphatic heterocycles. The molecule has 1 aliphatic rings. The highest BCUT2D eigenvalue weighted by molar-refractivity contribution is 8.00. The molecule has 0 bridgehead atoms. The molecule has 27 heavy (non-hydrogen) atoms. The molecule has 0 saturated carbocycles. The molecular weight excluding hydrogens is 386 g/mol. The Labute approximate surface area is 167 Å². The molecular formula is C19H20ClN3O3S. The van der Waals surface area contributed by atoms with E-state index in [2.05, 4.69) is 0 Å². The molecule has 2 aromatic carbocycles. The highest BCUT2D eigenvalue weighted by atomic mass is 35.5. The van der Waals surface area contributed by atoms with E-state index in [-0.39, 0.29) is 16.8 Å². The molecule has 0 radical (unpaired) electrons. The monoisotopic (exact) mass is 405 g/mol. The SMILES string of the molecule is CC(Sc1ccccc1)C(=O)N1CCN(c2ccc(Cl)cc2[N+](=O)[O-])CC1. The summed E-state index contributed by atoms with van der Waals surface area (Å²) in [6, 6.07) is 14.5. The van der Waals surface area contributed by atoms with Crippen LogP contribution < -0.4 is 4.90 Å². The van der Waals surface area contributed by atoms with Crippen LogP contribution in [-0.4, -0.2) is 47.2 Å². The van der Waals surface area contributed by atoms with Gasteiger partial charge in [0, 0.05) is 42.2 Å². The van der Waals surface area contributed by atoms with Gasteiger partial charge in [-0.3, -0.25) is 14.9 Å². The zero-order valence-corrected chi connectivity index (χ0v) is 16.4. The number of nitrogens with zero attached hydrogens (tertiary/aromatic N) is 3. The number of carbonyl (C=O) groups excluding carboxylic acids is 1. The maximum Gasteiger partial charge on any atom is 0.294 e. The van der Waals surface area contributed by atoms with Crippen LogP contribution >= 0.6 is 23.4 Å². The van der Waals surface area contributed by atoms with Gasteiger partial charge in [0.05, 0.1) is 10.2 Å². The summed E-state index contributed by atoms with van der Waals surface area (Å²) in [7, 11) is 0. The molecule has 1 atom stereocenters. The van der Waals surface area contributed by atoms with Crippen molar-refractivity contribution in [2.45, 2.75) is 17.1 Å². The molecule has 1 heterocycles. The maximum atomic E-state index is 12.7. The van der Waals surface area contributed by atoms with E-state index in [0.29, 0.717) is 36.9 Å². The fourth-order valence-corrected chi connectivity index (χ4v) is 4.23. The van der Waals surface area contributed by atoms with Crippen molar-refractivity contribution in [2.75, 3.05) is 31.1 Å². The highest BCUT2D eigenvalue weighted by Crippen LogP contribution is 2.32. The summed E-state index contributed by atoms with van der Waals surface area (Å²) in [4.78, 5) is 28.4. The topological polar surface area (TPSA) is 66.7 Å². The van der Waals surface area contributed by atoms with Crippen molar-refractivity contribution in [1.82, 2.24) is 4.90 Å². The molecule has 8 heteroatoms. The lowest BCUT2D eigenvalue weighted by Gasteiger charge is -2.36. The summed E-state index contributed by atoms with van der Waals surface area (Å²) < 4.78 is 0. The third-order valence-corrected chi connectivity index (χ3v) is 5.80. The van der Waals surface area contributed by atoms with Crippen LogP contribution in [0.5, 0.6) is 0 Å². The Hall–Kier alpha value is -2.25. The van der Waals surface area contributed by atoms with Crippen LogP contribution in [0.3, 0.4) is 0 Å². The molecule has 0 aliphatic carbocycles. The van der Waals surface area contributed by atoms with Crippen LogP contribution in [0.4, 0.5) is 11.4 Å². The van der Waals surface area contributed by atoms with Crippen molar-refractivity contribution in [1.29, 1.82) is 0 Å². The highest BCUT2D eigenvalue weighted by Gasteiger charge is 2.28. The Morgan fingerprint density at radius 3 is 2.44 bits per heavy atom. The zero-order valence-electron chi connectivity index (χ0n) is 14.9. The van der Waals surface area contributed by atoms with Gasteiger partial charge < -0.3 is 9.80 Å². The lowest BCUT2D eigenvalue weighted by atomic mass is 10.2. The lowest BCUT2D eigenvalue weighted by molar-refractivity contribution is -0.384. The number of anilines is 1. The second kappa shape index (κ2) is 8.63. The second-order valence-corrected chi connectivity index (χ2v) is 8.13. The predicted octanol–water partition coefficient (Wildman–Crippen LogP) is 4.08. The number of rotatable bonds is 5. The normalized spacial score (nSPS) is 15.5. The first-order valence-electron chi connectivity index (χ1n) is 8.65. The molecule has 2 aromatic rings. The van der Waals surface area contributed by atoms with E-state index < -0.39 is 4.92 Å². The van der Waals surface area contributed by atoms with E-state index in [1.165, 1.54) is 6.07 Å². The number of hydrogen-bond acceptors (Lipinski definition) is 5.